The topological polar surface area (TPSA) is 75.9 Å². The molecule has 2 aromatic heterocycles. The van der Waals surface area contributed by atoms with E-state index in [2.05, 4.69) is 31.6 Å². The van der Waals surface area contributed by atoms with Gasteiger partial charge in [0.15, 0.2) is 5.65 Å². The Morgan fingerprint density at radius 1 is 1.06 bits per heavy atom. The molecule has 170 valence electrons. The van der Waals surface area contributed by atoms with E-state index in [1.165, 1.54) is 0 Å². The van der Waals surface area contributed by atoms with E-state index in [4.69, 9.17) is 21.3 Å². The molecule has 5 rings (SSSR count). The third-order valence-corrected chi connectivity index (χ3v) is 6.19. The number of anilines is 1. The maximum Gasteiger partial charge on any atom is 0.248 e. The van der Waals surface area contributed by atoms with Gasteiger partial charge in [-0.15, -0.1) is 10.2 Å². The summed E-state index contributed by atoms with van der Waals surface area (Å²) in [6, 6.07) is 15.9. The lowest BCUT2D eigenvalue weighted by molar-refractivity contribution is -0.134. The van der Waals surface area contributed by atoms with Crippen molar-refractivity contribution in [2.75, 3.05) is 44.8 Å². The summed E-state index contributed by atoms with van der Waals surface area (Å²) in [5.41, 5.74) is 2.69. The first-order valence-corrected chi connectivity index (χ1v) is 11.4. The van der Waals surface area contributed by atoms with Crippen LogP contribution in [0.3, 0.4) is 0 Å². The molecule has 1 aliphatic rings. The summed E-state index contributed by atoms with van der Waals surface area (Å²) >= 11 is 6.28. The number of fused-ring (bicyclic) bond motifs is 3. The number of ether oxygens (including phenoxy) is 1. The maximum atomic E-state index is 12.4. The van der Waals surface area contributed by atoms with Gasteiger partial charge in [-0.3, -0.25) is 4.79 Å². The van der Waals surface area contributed by atoms with Crippen molar-refractivity contribution in [3.8, 4) is 0 Å². The van der Waals surface area contributed by atoms with E-state index in [-0.39, 0.29) is 12.5 Å². The highest BCUT2D eigenvalue weighted by Crippen LogP contribution is 2.27. The van der Waals surface area contributed by atoms with Gasteiger partial charge in [0.05, 0.1) is 5.52 Å². The minimum Gasteiger partial charge on any atom is -0.375 e. The number of hydrogen-bond donors (Lipinski definition) is 0. The minimum absolute atomic E-state index is 0.0109. The van der Waals surface area contributed by atoms with Crippen molar-refractivity contribution in [1.29, 1.82) is 0 Å². The van der Waals surface area contributed by atoms with E-state index in [1.807, 2.05) is 41.3 Å². The monoisotopic (exact) mass is 464 g/mol. The second kappa shape index (κ2) is 9.33. The van der Waals surface area contributed by atoms with Crippen LogP contribution in [-0.2, 0) is 16.0 Å². The van der Waals surface area contributed by atoms with Gasteiger partial charge in [0, 0.05) is 50.1 Å². The highest BCUT2D eigenvalue weighted by Gasteiger charge is 2.24. The Labute approximate surface area is 196 Å². The standard InChI is InChI=1S/C24H25ClN6O2/c1-33-16-22(32)29-10-5-11-30(13-12-29)24-26-20-15-18(25)8-9-19(20)23-28-27-21(31(23)24)14-17-6-3-2-4-7-17/h2-4,6-9,15H,5,10-14,16H2,1H3. The van der Waals surface area contributed by atoms with Crippen molar-refractivity contribution < 1.29 is 9.53 Å². The van der Waals surface area contributed by atoms with Crippen LogP contribution < -0.4 is 4.90 Å². The molecule has 9 heteroatoms. The lowest BCUT2D eigenvalue weighted by atomic mass is 10.1. The molecule has 0 spiro atoms. The molecule has 1 amide bonds. The Bertz CT molecular complexity index is 1290. The fraction of sp³-hybridized carbons (Fsp3) is 0.333. The lowest BCUT2D eigenvalue weighted by Crippen LogP contribution is -2.37. The van der Waals surface area contributed by atoms with E-state index in [0.717, 1.165) is 46.9 Å². The number of halogens is 1. The summed E-state index contributed by atoms with van der Waals surface area (Å²) in [7, 11) is 1.54. The summed E-state index contributed by atoms with van der Waals surface area (Å²) in [5, 5.41) is 10.6. The molecule has 0 unspecified atom stereocenters. The number of carbonyl (C=O) groups excluding carboxylic acids is 1. The predicted molar refractivity (Wildman–Crippen MR) is 128 cm³/mol. The fourth-order valence-corrected chi connectivity index (χ4v) is 4.50. The normalized spacial score (nSPS) is 14.7. The summed E-state index contributed by atoms with van der Waals surface area (Å²) in [4.78, 5) is 21.4. The summed E-state index contributed by atoms with van der Waals surface area (Å²) in [5.74, 6) is 1.61. The number of amides is 1. The zero-order chi connectivity index (χ0) is 22.8. The average molecular weight is 465 g/mol. The van der Waals surface area contributed by atoms with Gasteiger partial charge < -0.3 is 14.5 Å². The molecule has 1 aliphatic heterocycles. The molecule has 0 N–H and O–H groups in total. The van der Waals surface area contributed by atoms with Gasteiger partial charge in [-0.2, -0.15) is 0 Å². The van der Waals surface area contributed by atoms with Crippen molar-refractivity contribution in [2.45, 2.75) is 12.8 Å². The number of nitrogens with zero attached hydrogens (tertiary/aromatic N) is 6. The largest absolute Gasteiger partial charge is 0.375 e. The van der Waals surface area contributed by atoms with Crippen molar-refractivity contribution in [3.05, 3.63) is 64.9 Å². The number of rotatable bonds is 5. The number of carbonyl (C=O) groups is 1. The van der Waals surface area contributed by atoms with Crippen LogP contribution >= 0.6 is 11.6 Å². The van der Waals surface area contributed by atoms with Crippen molar-refractivity contribution >= 4 is 40.0 Å². The quantitative estimate of drug-likeness (QED) is 0.451. The summed E-state index contributed by atoms with van der Waals surface area (Å²) < 4.78 is 7.09. The molecule has 0 radical (unpaired) electrons. The van der Waals surface area contributed by atoms with Crippen LogP contribution in [0.15, 0.2) is 48.5 Å². The van der Waals surface area contributed by atoms with Gasteiger partial charge in [-0.1, -0.05) is 41.9 Å². The molecule has 1 saturated heterocycles. The molecular formula is C24H25ClN6O2. The molecule has 2 aromatic carbocycles. The SMILES string of the molecule is COCC(=O)N1CCCN(c2nc3cc(Cl)ccc3c3nnc(Cc4ccccc4)n23)CC1. The van der Waals surface area contributed by atoms with Crippen LogP contribution in [0.1, 0.15) is 17.8 Å². The Morgan fingerprint density at radius 2 is 1.91 bits per heavy atom. The summed E-state index contributed by atoms with van der Waals surface area (Å²) in [6.45, 7) is 2.83. The smallest absolute Gasteiger partial charge is 0.248 e. The van der Waals surface area contributed by atoms with Gasteiger partial charge in [-0.05, 0) is 30.2 Å². The minimum atomic E-state index is 0.0109. The highest BCUT2D eigenvalue weighted by molar-refractivity contribution is 6.31. The Hall–Kier alpha value is -3.23. The molecule has 1 fully saturated rings. The van der Waals surface area contributed by atoms with Crippen molar-refractivity contribution in [2.24, 2.45) is 0 Å². The zero-order valence-electron chi connectivity index (χ0n) is 18.4. The van der Waals surface area contributed by atoms with Gasteiger partial charge in [0.1, 0.15) is 12.4 Å². The molecule has 8 nitrogen and oxygen atoms in total. The van der Waals surface area contributed by atoms with Crippen LogP contribution in [-0.4, -0.2) is 70.3 Å². The first-order valence-electron chi connectivity index (χ1n) is 11.0. The lowest BCUT2D eigenvalue weighted by Gasteiger charge is -2.24. The van der Waals surface area contributed by atoms with Gasteiger partial charge in [0.25, 0.3) is 0 Å². The fourth-order valence-electron chi connectivity index (χ4n) is 4.33. The first kappa shape index (κ1) is 21.6. The molecule has 0 atom stereocenters. The van der Waals surface area contributed by atoms with Crippen LogP contribution in [0, 0.1) is 0 Å². The van der Waals surface area contributed by atoms with Gasteiger partial charge >= 0.3 is 0 Å². The third kappa shape index (κ3) is 4.36. The molecule has 33 heavy (non-hydrogen) atoms. The van der Waals surface area contributed by atoms with Crippen LogP contribution in [0.2, 0.25) is 5.02 Å². The summed E-state index contributed by atoms with van der Waals surface area (Å²) in [6.07, 6.45) is 1.48. The number of methoxy groups -OCH3 is 1. The first-order chi connectivity index (χ1) is 16.1. The molecule has 3 heterocycles. The van der Waals surface area contributed by atoms with Crippen molar-refractivity contribution in [3.63, 3.8) is 0 Å². The van der Waals surface area contributed by atoms with E-state index >= 15 is 0 Å². The van der Waals surface area contributed by atoms with Crippen LogP contribution in [0.4, 0.5) is 5.95 Å². The second-order valence-electron chi connectivity index (χ2n) is 8.17. The van der Waals surface area contributed by atoms with E-state index < -0.39 is 0 Å². The molecular weight excluding hydrogens is 440 g/mol. The number of aromatic nitrogens is 4. The third-order valence-electron chi connectivity index (χ3n) is 5.96. The van der Waals surface area contributed by atoms with E-state index in [1.54, 1.807) is 7.11 Å². The van der Waals surface area contributed by atoms with Crippen LogP contribution in [0.5, 0.6) is 0 Å². The average Bonchev–Trinajstić information content (AvgIpc) is 3.07. The van der Waals surface area contributed by atoms with E-state index in [9.17, 15) is 4.79 Å². The van der Waals surface area contributed by atoms with Crippen LogP contribution in [0.25, 0.3) is 16.6 Å². The second-order valence-corrected chi connectivity index (χ2v) is 8.60. The van der Waals surface area contributed by atoms with Gasteiger partial charge in [0.2, 0.25) is 11.9 Å². The predicted octanol–water partition coefficient (Wildman–Crippen LogP) is 3.21. The Balaban J connectivity index is 1.58. The number of hydrogen-bond acceptors (Lipinski definition) is 6. The Morgan fingerprint density at radius 3 is 2.73 bits per heavy atom. The maximum absolute atomic E-state index is 12.4. The molecule has 4 aromatic rings. The highest BCUT2D eigenvalue weighted by atomic mass is 35.5. The molecule has 0 aliphatic carbocycles. The number of benzene rings is 2. The van der Waals surface area contributed by atoms with E-state index in [0.29, 0.717) is 31.1 Å². The molecule has 0 saturated carbocycles. The zero-order valence-corrected chi connectivity index (χ0v) is 19.2. The van der Waals surface area contributed by atoms with Gasteiger partial charge in [-0.25, -0.2) is 9.38 Å². The van der Waals surface area contributed by atoms with Crippen molar-refractivity contribution in [1.82, 2.24) is 24.5 Å². The Kier molecular flexibility index (Phi) is 6.11. The molecule has 0 bridgehead atoms.